The van der Waals surface area contributed by atoms with Crippen molar-refractivity contribution in [3.63, 3.8) is 0 Å². The van der Waals surface area contributed by atoms with E-state index in [-0.39, 0.29) is 16.8 Å². The molecule has 1 aliphatic rings. The minimum Gasteiger partial charge on any atom is -0.378 e. The van der Waals surface area contributed by atoms with E-state index in [1.807, 2.05) is 21.0 Å². The van der Waals surface area contributed by atoms with Crippen LogP contribution in [0.3, 0.4) is 0 Å². The van der Waals surface area contributed by atoms with Crippen LogP contribution in [0.25, 0.3) is 0 Å². The molecule has 0 saturated carbocycles. The van der Waals surface area contributed by atoms with Crippen molar-refractivity contribution in [2.75, 3.05) is 32.1 Å². The number of rotatable bonds is 8. The van der Waals surface area contributed by atoms with Crippen LogP contribution in [-0.4, -0.2) is 51.9 Å². The van der Waals surface area contributed by atoms with Gasteiger partial charge in [-0.15, -0.1) is 0 Å². The number of hydrogen-bond donors (Lipinski definition) is 1. The predicted molar refractivity (Wildman–Crippen MR) is 125 cm³/mol. The number of carbonyl (C=O) groups excluding carboxylic acids is 1. The molecule has 168 valence electrons. The molecule has 0 aliphatic carbocycles. The van der Waals surface area contributed by atoms with E-state index in [1.165, 1.54) is 17.7 Å². The first-order chi connectivity index (χ1) is 14.8. The van der Waals surface area contributed by atoms with Crippen molar-refractivity contribution < 1.29 is 13.2 Å². The molecule has 1 N–H and O–H groups in total. The zero-order valence-corrected chi connectivity index (χ0v) is 19.5. The molecule has 1 heterocycles. The van der Waals surface area contributed by atoms with Gasteiger partial charge in [-0.05, 0) is 74.6 Å². The van der Waals surface area contributed by atoms with Crippen molar-refractivity contribution in [2.24, 2.45) is 0 Å². The number of carbonyl (C=O) groups is 1. The zero-order valence-electron chi connectivity index (χ0n) is 18.7. The highest BCUT2D eigenvalue weighted by atomic mass is 32.2. The summed E-state index contributed by atoms with van der Waals surface area (Å²) < 4.78 is 27.4. The summed E-state index contributed by atoms with van der Waals surface area (Å²) >= 11 is 0. The Bertz CT molecular complexity index is 970. The normalized spacial score (nSPS) is 17.3. The van der Waals surface area contributed by atoms with Gasteiger partial charge < -0.3 is 10.2 Å². The number of nitrogens with one attached hydrogen (secondary N) is 1. The summed E-state index contributed by atoms with van der Waals surface area (Å²) in [6.45, 7) is 3.08. The minimum absolute atomic E-state index is 0.0146. The van der Waals surface area contributed by atoms with Gasteiger partial charge in [0.1, 0.15) is 0 Å². The Labute approximate surface area is 186 Å². The van der Waals surface area contributed by atoms with Gasteiger partial charge in [-0.1, -0.05) is 18.6 Å². The van der Waals surface area contributed by atoms with Gasteiger partial charge in [0, 0.05) is 44.5 Å². The lowest BCUT2D eigenvalue weighted by molar-refractivity contribution is 0.0953. The molecule has 1 unspecified atom stereocenters. The number of hydrogen-bond acceptors (Lipinski definition) is 4. The Morgan fingerprint density at radius 3 is 2.35 bits per heavy atom. The van der Waals surface area contributed by atoms with Gasteiger partial charge >= 0.3 is 0 Å². The van der Waals surface area contributed by atoms with Crippen molar-refractivity contribution in [2.45, 2.75) is 50.0 Å². The summed E-state index contributed by atoms with van der Waals surface area (Å²) in [6, 6.07) is 14.7. The lowest BCUT2D eigenvalue weighted by atomic mass is 10.1. The van der Waals surface area contributed by atoms with Crippen LogP contribution in [-0.2, 0) is 16.4 Å². The van der Waals surface area contributed by atoms with Crippen LogP contribution >= 0.6 is 0 Å². The lowest BCUT2D eigenvalue weighted by Crippen LogP contribution is -2.41. The summed E-state index contributed by atoms with van der Waals surface area (Å²) in [5.41, 5.74) is 2.87. The van der Waals surface area contributed by atoms with Gasteiger partial charge in [0.05, 0.1) is 4.90 Å². The molecule has 6 nitrogen and oxygen atoms in total. The maximum Gasteiger partial charge on any atom is 0.251 e. The van der Waals surface area contributed by atoms with Crippen LogP contribution in [0, 0.1) is 0 Å². The third kappa shape index (κ3) is 5.86. The van der Waals surface area contributed by atoms with Gasteiger partial charge in [-0.3, -0.25) is 4.79 Å². The van der Waals surface area contributed by atoms with Crippen molar-refractivity contribution in [3.8, 4) is 0 Å². The average Bonchev–Trinajstić information content (AvgIpc) is 2.77. The fraction of sp³-hybridized carbons (Fsp3) is 0.458. The monoisotopic (exact) mass is 443 g/mol. The molecule has 2 aromatic rings. The highest BCUT2D eigenvalue weighted by molar-refractivity contribution is 7.89. The molecule has 31 heavy (non-hydrogen) atoms. The number of amides is 1. The minimum atomic E-state index is -3.52. The molecule has 0 spiro atoms. The summed E-state index contributed by atoms with van der Waals surface area (Å²) in [4.78, 5) is 14.7. The molecule has 0 radical (unpaired) electrons. The van der Waals surface area contributed by atoms with Gasteiger partial charge in [-0.25, -0.2) is 8.42 Å². The molecule has 1 aliphatic heterocycles. The quantitative estimate of drug-likeness (QED) is 0.632. The Balaban J connectivity index is 1.51. The van der Waals surface area contributed by atoms with E-state index in [0.717, 1.165) is 37.8 Å². The Kier molecular flexibility index (Phi) is 7.73. The van der Waals surface area contributed by atoms with E-state index in [9.17, 15) is 13.2 Å². The first-order valence-electron chi connectivity index (χ1n) is 11.0. The maximum absolute atomic E-state index is 12.9. The number of benzene rings is 2. The molecule has 2 aromatic carbocycles. The van der Waals surface area contributed by atoms with Crippen LogP contribution in [0.15, 0.2) is 53.4 Å². The zero-order chi connectivity index (χ0) is 22.4. The van der Waals surface area contributed by atoms with E-state index in [2.05, 4.69) is 34.5 Å². The predicted octanol–water partition coefficient (Wildman–Crippen LogP) is 3.68. The molecule has 3 rings (SSSR count). The van der Waals surface area contributed by atoms with Gasteiger partial charge in [0.25, 0.3) is 5.91 Å². The number of nitrogens with zero attached hydrogens (tertiary/aromatic N) is 2. The second-order valence-corrected chi connectivity index (χ2v) is 10.3. The number of aryl methyl sites for hydroxylation is 1. The van der Waals surface area contributed by atoms with Gasteiger partial charge in [0.15, 0.2) is 0 Å². The van der Waals surface area contributed by atoms with E-state index < -0.39 is 10.0 Å². The van der Waals surface area contributed by atoms with Crippen LogP contribution < -0.4 is 10.2 Å². The van der Waals surface area contributed by atoms with Crippen LogP contribution in [0.2, 0.25) is 0 Å². The first kappa shape index (κ1) is 23.3. The number of piperidine rings is 1. The molecule has 1 saturated heterocycles. The lowest BCUT2D eigenvalue weighted by Gasteiger charge is -2.32. The molecular formula is C24H33N3O3S. The van der Waals surface area contributed by atoms with Crippen molar-refractivity contribution in [3.05, 3.63) is 59.7 Å². The van der Waals surface area contributed by atoms with E-state index >= 15 is 0 Å². The van der Waals surface area contributed by atoms with Crippen LogP contribution in [0.1, 0.15) is 48.5 Å². The van der Waals surface area contributed by atoms with Crippen molar-refractivity contribution >= 4 is 21.6 Å². The van der Waals surface area contributed by atoms with Crippen LogP contribution in [0.5, 0.6) is 0 Å². The fourth-order valence-corrected chi connectivity index (χ4v) is 5.60. The van der Waals surface area contributed by atoms with Gasteiger partial charge in [-0.2, -0.15) is 4.31 Å². The van der Waals surface area contributed by atoms with Gasteiger partial charge in [0.2, 0.25) is 10.0 Å². The molecule has 1 amide bonds. The van der Waals surface area contributed by atoms with Crippen molar-refractivity contribution in [1.82, 2.24) is 9.62 Å². The second-order valence-electron chi connectivity index (χ2n) is 8.41. The highest BCUT2D eigenvalue weighted by Crippen LogP contribution is 2.25. The summed E-state index contributed by atoms with van der Waals surface area (Å²) in [6.07, 6.45) is 4.57. The molecule has 1 atom stereocenters. The van der Waals surface area contributed by atoms with Crippen molar-refractivity contribution in [1.29, 1.82) is 0 Å². The highest BCUT2D eigenvalue weighted by Gasteiger charge is 2.30. The Morgan fingerprint density at radius 1 is 1.06 bits per heavy atom. The molecule has 1 fully saturated rings. The van der Waals surface area contributed by atoms with Crippen LogP contribution in [0.4, 0.5) is 5.69 Å². The van der Waals surface area contributed by atoms with E-state index in [1.54, 1.807) is 16.4 Å². The summed E-state index contributed by atoms with van der Waals surface area (Å²) in [5, 5.41) is 2.92. The average molecular weight is 444 g/mol. The van der Waals surface area contributed by atoms with E-state index in [0.29, 0.717) is 18.7 Å². The number of sulfonamides is 1. The maximum atomic E-state index is 12.9. The first-order valence-corrected chi connectivity index (χ1v) is 12.4. The molecule has 0 bridgehead atoms. The number of anilines is 1. The SMILES string of the molecule is CC1CCCCN1S(=O)(=O)c1ccc(C(=O)NCCCc2ccc(N(C)C)cc2)cc1. The summed E-state index contributed by atoms with van der Waals surface area (Å²) in [5.74, 6) is -0.182. The topological polar surface area (TPSA) is 69.7 Å². The summed E-state index contributed by atoms with van der Waals surface area (Å²) in [7, 11) is 0.514. The third-order valence-corrected chi connectivity index (χ3v) is 7.87. The smallest absolute Gasteiger partial charge is 0.251 e. The largest absolute Gasteiger partial charge is 0.378 e. The van der Waals surface area contributed by atoms with E-state index in [4.69, 9.17) is 0 Å². The Hall–Kier alpha value is -2.38. The molecule has 7 heteroatoms. The fourth-order valence-electron chi connectivity index (χ4n) is 3.90. The second kappa shape index (κ2) is 10.3. The Morgan fingerprint density at radius 2 is 1.74 bits per heavy atom. The third-order valence-electron chi connectivity index (χ3n) is 5.85. The standard InChI is InChI=1S/C24H33N3O3S/c1-19-7-4-5-18-27(19)31(29,30)23-15-11-21(12-16-23)24(28)25-17-6-8-20-9-13-22(14-10-20)26(2)3/h9-16,19H,4-8,17-18H2,1-3H3,(H,25,28). The molecular weight excluding hydrogens is 410 g/mol. The molecule has 0 aromatic heterocycles.